The molecule has 0 amide bonds. The number of benzene rings is 2. The van der Waals surface area contributed by atoms with E-state index in [0.717, 1.165) is 27.8 Å². The largest absolute Gasteiger partial charge is 0.497 e. The minimum Gasteiger partial charge on any atom is -0.497 e. The molecule has 3 aromatic rings. The molecule has 0 atom stereocenters. The number of anilines is 2. The summed E-state index contributed by atoms with van der Waals surface area (Å²) < 4.78 is 10.6. The zero-order valence-corrected chi connectivity index (χ0v) is 15.3. The molecule has 0 aliphatic carbocycles. The quantitative estimate of drug-likeness (QED) is 0.649. The van der Waals surface area contributed by atoms with Crippen molar-refractivity contribution in [3.8, 4) is 11.5 Å². The molecule has 0 saturated heterocycles. The fourth-order valence-electron chi connectivity index (χ4n) is 2.14. The lowest BCUT2D eigenvalue weighted by Gasteiger charge is -2.06. The first-order valence-corrected chi connectivity index (χ1v) is 8.63. The van der Waals surface area contributed by atoms with E-state index in [1.807, 2.05) is 54.6 Å². The lowest BCUT2D eigenvalue weighted by Crippen LogP contribution is -1.89. The molecule has 0 saturated carbocycles. The smallest absolute Gasteiger partial charge is 0.210 e. The molecule has 3 rings (SSSR count). The molecule has 0 radical (unpaired) electrons. The van der Waals surface area contributed by atoms with Gasteiger partial charge in [-0.25, -0.2) is 0 Å². The van der Waals surface area contributed by atoms with Crippen LogP contribution >= 0.6 is 22.9 Å². The van der Waals surface area contributed by atoms with E-state index in [0.29, 0.717) is 10.2 Å². The van der Waals surface area contributed by atoms with Crippen molar-refractivity contribution >= 4 is 45.9 Å². The van der Waals surface area contributed by atoms with Gasteiger partial charge in [-0.15, -0.1) is 10.2 Å². The zero-order valence-electron chi connectivity index (χ0n) is 13.7. The van der Waals surface area contributed by atoms with Crippen LogP contribution in [0.3, 0.4) is 0 Å². The molecule has 0 spiro atoms. The van der Waals surface area contributed by atoms with Gasteiger partial charge in [-0.2, -0.15) is 0 Å². The Bertz CT molecular complexity index is 878. The maximum atomic E-state index is 5.88. The van der Waals surface area contributed by atoms with Gasteiger partial charge in [0.05, 0.1) is 14.2 Å². The summed E-state index contributed by atoms with van der Waals surface area (Å²) in [6.07, 6.45) is 3.82. The molecule has 0 bridgehead atoms. The summed E-state index contributed by atoms with van der Waals surface area (Å²) >= 11 is 7.33. The maximum Gasteiger partial charge on any atom is 0.210 e. The summed E-state index contributed by atoms with van der Waals surface area (Å²) in [5.41, 5.74) is 1.81. The van der Waals surface area contributed by atoms with Crippen LogP contribution in [0.25, 0.3) is 12.2 Å². The average molecular weight is 374 g/mol. The summed E-state index contributed by atoms with van der Waals surface area (Å²) in [7, 11) is 3.27. The topological polar surface area (TPSA) is 56.3 Å². The van der Waals surface area contributed by atoms with Crippen molar-refractivity contribution in [2.45, 2.75) is 0 Å². The van der Waals surface area contributed by atoms with E-state index < -0.39 is 0 Å². The molecule has 0 unspecified atom stereocenters. The van der Waals surface area contributed by atoms with Crippen molar-refractivity contribution in [2.24, 2.45) is 0 Å². The molecule has 1 heterocycles. The van der Waals surface area contributed by atoms with Gasteiger partial charge in [0.1, 0.15) is 16.5 Å². The van der Waals surface area contributed by atoms with Crippen LogP contribution in [-0.4, -0.2) is 24.4 Å². The summed E-state index contributed by atoms with van der Waals surface area (Å²) in [6.45, 7) is 0. The Hall–Kier alpha value is -2.57. The standard InChI is InChI=1S/C18H16ClN3O2S/c1-23-15-8-9-16(24-2)12(11-15)3-10-17-21-22-18(25-17)20-14-6-4-13(19)5-7-14/h3-11H,1-2H3,(H,20,22)/b10-3+. The van der Waals surface area contributed by atoms with Crippen LogP contribution in [0, 0.1) is 0 Å². The Labute approximate surface area is 154 Å². The predicted octanol–water partition coefficient (Wildman–Crippen LogP) is 5.12. The van der Waals surface area contributed by atoms with Crippen LogP contribution < -0.4 is 14.8 Å². The van der Waals surface area contributed by atoms with E-state index in [1.54, 1.807) is 14.2 Å². The summed E-state index contributed by atoms with van der Waals surface area (Å²) in [4.78, 5) is 0. The van der Waals surface area contributed by atoms with Crippen LogP contribution in [0.2, 0.25) is 5.02 Å². The molecule has 1 N–H and O–H groups in total. The number of nitrogens with zero attached hydrogens (tertiary/aromatic N) is 2. The summed E-state index contributed by atoms with van der Waals surface area (Å²) in [5, 5.41) is 13.7. The molecule has 25 heavy (non-hydrogen) atoms. The van der Waals surface area contributed by atoms with Crippen LogP contribution in [-0.2, 0) is 0 Å². The van der Waals surface area contributed by atoms with E-state index in [2.05, 4.69) is 15.5 Å². The van der Waals surface area contributed by atoms with Crippen LogP contribution in [0.5, 0.6) is 11.5 Å². The first kappa shape index (κ1) is 17.3. The second kappa shape index (κ2) is 8.00. The fourth-order valence-corrected chi connectivity index (χ4v) is 2.93. The Kier molecular flexibility index (Phi) is 5.53. The lowest BCUT2D eigenvalue weighted by molar-refractivity contribution is 0.402. The highest BCUT2D eigenvalue weighted by Crippen LogP contribution is 2.27. The molecular formula is C18H16ClN3O2S. The highest BCUT2D eigenvalue weighted by Gasteiger charge is 2.05. The fraction of sp³-hybridized carbons (Fsp3) is 0.111. The van der Waals surface area contributed by atoms with Gasteiger partial charge in [0.25, 0.3) is 0 Å². The molecule has 0 aliphatic rings. The Morgan fingerprint density at radius 1 is 1.00 bits per heavy atom. The SMILES string of the molecule is COc1ccc(OC)c(/C=C/c2nnc(Nc3ccc(Cl)cc3)s2)c1. The summed E-state index contributed by atoms with van der Waals surface area (Å²) in [5.74, 6) is 1.53. The zero-order chi connectivity index (χ0) is 17.6. The van der Waals surface area contributed by atoms with E-state index in [4.69, 9.17) is 21.1 Å². The Balaban J connectivity index is 1.74. The molecule has 0 fully saturated rings. The maximum absolute atomic E-state index is 5.88. The third-order valence-electron chi connectivity index (χ3n) is 3.38. The second-order valence-corrected chi connectivity index (χ2v) is 6.46. The van der Waals surface area contributed by atoms with E-state index in [1.165, 1.54) is 11.3 Å². The van der Waals surface area contributed by atoms with Gasteiger partial charge in [0, 0.05) is 16.3 Å². The molecule has 5 nitrogen and oxygen atoms in total. The number of hydrogen-bond donors (Lipinski definition) is 1. The lowest BCUT2D eigenvalue weighted by atomic mass is 10.1. The van der Waals surface area contributed by atoms with E-state index >= 15 is 0 Å². The highest BCUT2D eigenvalue weighted by atomic mass is 35.5. The molecule has 7 heteroatoms. The van der Waals surface area contributed by atoms with Gasteiger partial charge < -0.3 is 14.8 Å². The number of hydrogen-bond acceptors (Lipinski definition) is 6. The summed E-state index contributed by atoms with van der Waals surface area (Å²) in [6, 6.07) is 13.0. The highest BCUT2D eigenvalue weighted by molar-refractivity contribution is 7.16. The molecule has 0 aliphatic heterocycles. The van der Waals surface area contributed by atoms with Gasteiger partial charge >= 0.3 is 0 Å². The van der Waals surface area contributed by atoms with Gasteiger partial charge in [0.15, 0.2) is 0 Å². The Morgan fingerprint density at radius 3 is 2.52 bits per heavy atom. The Morgan fingerprint density at radius 2 is 1.80 bits per heavy atom. The third kappa shape index (κ3) is 4.49. The average Bonchev–Trinajstić information content (AvgIpc) is 3.09. The van der Waals surface area contributed by atoms with Gasteiger partial charge in [-0.1, -0.05) is 22.9 Å². The van der Waals surface area contributed by atoms with E-state index in [9.17, 15) is 0 Å². The minimum atomic E-state index is 0.693. The monoisotopic (exact) mass is 373 g/mol. The minimum absolute atomic E-state index is 0.693. The number of aromatic nitrogens is 2. The van der Waals surface area contributed by atoms with Crippen molar-refractivity contribution < 1.29 is 9.47 Å². The number of halogens is 1. The first-order chi connectivity index (χ1) is 12.2. The normalized spacial score (nSPS) is 10.8. The number of methoxy groups -OCH3 is 2. The molecule has 2 aromatic carbocycles. The molecule has 128 valence electrons. The van der Waals surface area contributed by atoms with Crippen LogP contribution in [0.15, 0.2) is 42.5 Å². The van der Waals surface area contributed by atoms with Crippen LogP contribution in [0.4, 0.5) is 10.8 Å². The van der Waals surface area contributed by atoms with Crippen molar-refractivity contribution in [3.05, 3.63) is 58.1 Å². The van der Waals surface area contributed by atoms with Gasteiger partial charge in [-0.05, 0) is 54.6 Å². The predicted molar refractivity (Wildman–Crippen MR) is 103 cm³/mol. The second-order valence-electron chi connectivity index (χ2n) is 5.02. The number of ether oxygens (including phenoxy) is 2. The number of rotatable bonds is 6. The van der Waals surface area contributed by atoms with Crippen molar-refractivity contribution in [1.29, 1.82) is 0 Å². The van der Waals surface area contributed by atoms with Crippen molar-refractivity contribution in [3.63, 3.8) is 0 Å². The number of nitrogens with one attached hydrogen (secondary N) is 1. The van der Waals surface area contributed by atoms with E-state index in [-0.39, 0.29) is 0 Å². The van der Waals surface area contributed by atoms with Gasteiger partial charge in [0.2, 0.25) is 5.13 Å². The van der Waals surface area contributed by atoms with Crippen LogP contribution in [0.1, 0.15) is 10.6 Å². The third-order valence-corrected chi connectivity index (χ3v) is 4.43. The molecule has 1 aromatic heterocycles. The molecular weight excluding hydrogens is 358 g/mol. The van der Waals surface area contributed by atoms with Crippen molar-refractivity contribution in [1.82, 2.24) is 10.2 Å². The van der Waals surface area contributed by atoms with Gasteiger partial charge in [-0.3, -0.25) is 0 Å². The first-order valence-electron chi connectivity index (χ1n) is 7.44. The van der Waals surface area contributed by atoms with Crippen molar-refractivity contribution in [2.75, 3.05) is 19.5 Å².